The topological polar surface area (TPSA) is 97.1 Å². The molecule has 0 aliphatic rings. The van der Waals surface area contributed by atoms with Crippen LogP contribution in [0.25, 0.3) is 0 Å². The summed E-state index contributed by atoms with van der Waals surface area (Å²) < 4.78 is 24.9. The lowest BCUT2D eigenvalue weighted by Crippen LogP contribution is -2.32. The molecular formula is C17H22BO4S. The molecule has 123 valence electrons. The maximum atomic E-state index is 12.4. The van der Waals surface area contributed by atoms with Crippen molar-refractivity contribution in [3.63, 3.8) is 0 Å². The Labute approximate surface area is 138 Å². The van der Waals surface area contributed by atoms with E-state index in [2.05, 4.69) is 6.58 Å². The molecule has 0 spiro atoms. The van der Waals surface area contributed by atoms with E-state index in [1.807, 2.05) is 48.5 Å². The van der Waals surface area contributed by atoms with Crippen molar-refractivity contribution in [1.82, 2.24) is 0 Å². The molecule has 0 saturated carbocycles. The van der Waals surface area contributed by atoms with Crippen LogP contribution in [0.4, 0.5) is 0 Å². The second-order valence-electron chi connectivity index (χ2n) is 4.92. The van der Waals surface area contributed by atoms with Crippen molar-refractivity contribution in [3.05, 3.63) is 78.9 Å². The summed E-state index contributed by atoms with van der Waals surface area (Å²) in [5.74, 6) is 0. The van der Waals surface area contributed by atoms with E-state index in [0.717, 1.165) is 12.0 Å². The van der Waals surface area contributed by atoms with Crippen LogP contribution in [0.5, 0.6) is 0 Å². The zero-order valence-electron chi connectivity index (χ0n) is 12.9. The Hall–Kier alpha value is -1.89. The van der Waals surface area contributed by atoms with E-state index in [9.17, 15) is 8.42 Å². The molecule has 1 atom stereocenters. The highest BCUT2D eigenvalue weighted by Crippen LogP contribution is 2.12. The standard InChI is InChI=1S/C17H18BO2S.2H2O/c1-2-17(14-13-15-9-5-3-6-10-15)21(19,20)18-16-11-7-4-8-12-16;;/h2-12,17H,1,13-14H2;2*1H2. The van der Waals surface area contributed by atoms with E-state index in [1.165, 1.54) is 12.6 Å². The zero-order valence-corrected chi connectivity index (χ0v) is 13.7. The Balaban J connectivity index is 0.00000242. The second kappa shape index (κ2) is 10.00. The van der Waals surface area contributed by atoms with Gasteiger partial charge in [-0.15, -0.1) is 6.58 Å². The van der Waals surface area contributed by atoms with Crippen molar-refractivity contribution in [1.29, 1.82) is 0 Å². The van der Waals surface area contributed by atoms with Gasteiger partial charge >= 0.3 is 6.56 Å². The first-order valence-corrected chi connectivity index (χ1v) is 8.53. The SMILES string of the molecule is C=CC(CCc1ccccc1)S(=O)(=O)[B]c1ccccc1.O.O. The van der Waals surface area contributed by atoms with Crippen molar-refractivity contribution >= 4 is 21.7 Å². The third-order valence-corrected chi connectivity index (χ3v) is 5.22. The summed E-state index contributed by atoms with van der Waals surface area (Å²) in [4.78, 5) is 0. The van der Waals surface area contributed by atoms with Gasteiger partial charge in [0.05, 0.1) is 5.25 Å². The van der Waals surface area contributed by atoms with Gasteiger partial charge in [-0.25, -0.2) is 8.42 Å². The largest absolute Gasteiger partial charge is 0.412 e. The predicted octanol–water partition coefficient (Wildman–Crippen LogP) is 0.884. The van der Waals surface area contributed by atoms with Gasteiger partial charge in [0.2, 0.25) is 0 Å². The molecule has 0 aliphatic carbocycles. The van der Waals surface area contributed by atoms with Crippen molar-refractivity contribution in [2.45, 2.75) is 18.1 Å². The van der Waals surface area contributed by atoms with Crippen LogP contribution in [-0.4, -0.2) is 31.2 Å². The Morgan fingerprint density at radius 2 is 1.48 bits per heavy atom. The van der Waals surface area contributed by atoms with Crippen molar-refractivity contribution in [3.8, 4) is 0 Å². The summed E-state index contributed by atoms with van der Waals surface area (Å²) in [6.07, 6.45) is 2.79. The fourth-order valence-corrected chi connectivity index (χ4v) is 3.60. The molecule has 1 radical (unpaired) electrons. The van der Waals surface area contributed by atoms with Crippen LogP contribution in [0.2, 0.25) is 0 Å². The highest BCUT2D eigenvalue weighted by atomic mass is 32.2. The Morgan fingerprint density at radius 1 is 0.957 bits per heavy atom. The van der Waals surface area contributed by atoms with Crippen molar-refractivity contribution < 1.29 is 19.4 Å². The quantitative estimate of drug-likeness (QED) is 0.555. The molecule has 0 bridgehead atoms. The van der Waals surface area contributed by atoms with E-state index in [-0.39, 0.29) is 11.0 Å². The maximum Gasteiger partial charge on any atom is 0.317 e. The molecule has 2 aromatic carbocycles. The monoisotopic (exact) mass is 333 g/mol. The van der Waals surface area contributed by atoms with E-state index in [0.29, 0.717) is 11.9 Å². The van der Waals surface area contributed by atoms with E-state index in [1.54, 1.807) is 12.1 Å². The lowest BCUT2D eigenvalue weighted by molar-refractivity contribution is 0.597. The summed E-state index contributed by atoms with van der Waals surface area (Å²) >= 11 is 0. The van der Waals surface area contributed by atoms with Crippen LogP contribution in [0, 0.1) is 0 Å². The number of hydrogen-bond donors (Lipinski definition) is 0. The van der Waals surface area contributed by atoms with Gasteiger partial charge < -0.3 is 11.0 Å². The predicted molar refractivity (Wildman–Crippen MR) is 96.7 cm³/mol. The minimum Gasteiger partial charge on any atom is -0.412 e. The van der Waals surface area contributed by atoms with Gasteiger partial charge in [0, 0.05) is 0 Å². The third kappa shape index (κ3) is 6.40. The smallest absolute Gasteiger partial charge is 0.317 e. The van der Waals surface area contributed by atoms with E-state index in [4.69, 9.17) is 0 Å². The van der Waals surface area contributed by atoms with Gasteiger partial charge in [-0.1, -0.05) is 72.2 Å². The number of benzene rings is 2. The summed E-state index contributed by atoms with van der Waals surface area (Å²) in [6, 6.07) is 19.0. The van der Waals surface area contributed by atoms with Crippen LogP contribution in [0.15, 0.2) is 73.3 Å². The first kappa shape index (κ1) is 21.1. The molecular weight excluding hydrogens is 311 g/mol. The summed E-state index contributed by atoms with van der Waals surface area (Å²) in [7, 11) is -3.34. The van der Waals surface area contributed by atoms with Crippen LogP contribution in [0.1, 0.15) is 12.0 Å². The van der Waals surface area contributed by atoms with E-state index < -0.39 is 14.9 Å². The van der Waals surface area contributed by atoms with Crippen molar-refractivity contribution in [2.75, 3.05) is 0 Å². The maximum absolute atomic E-state index is 12.4. The van der Waals surface area contributed by atoms with Crippen LogP contribution in [0.3, 0.4) is 0 Å². The van der Waals surface area contributed by atoms with E-state index >= 15 is 0 Å². The number of hydrogen-bond acceptors (Lipinski definition) is 2. The van der Waals surface area contributed by atoms with Gasteiger partial charge in [0.15, 0.2) is 0 Å². The molecule has 0 saturated heterocycles. The average Bonchev–Trinajstić information content (AvgIpc) is 2.49. The Bertz CT molecular complexity index is 672. The molecule has 0 aliphatic heterocycles. The van der Waals surface area contributed by atoms with Gasteiger partial charge in [0.1, 0.15) is 9.69 Å². The molecule has 0 amide bonds. The molecule has 0 heterocycles. The molecule has 4 N–H and O–H groups in total. The first-order chi connectivity index (χ1) is 10.1. The fraction of sp³-hybridized carbons (Fsp3) is 0.176. The minimum atomic E-state index is -3.34. The summed E-state index contributed by atoms with van der Waals surface area (Å²) in [6.45, 7) is 5.02. The van der Waals surface area contributed by atoms with Crippen LogP contribution >= 0.6 is 0 Å². The Kier molecular flexibility index (Phi) is 9.18. The normalized spacial score (nSPS) is 11.5. The van der Waals surface area contributed by atoms with Crippen LogP contribution < -0.4 is 5.46 Å². The molecule has 0 aromatic heterocycles. The van der Waals surface area contributed by atoms with Gasteiger partial charge in [-0.3, -0.25) is 0 Å². The molecule has 1 unspecified atom stereocenters. The summed E-state index contributed by atoms with van der Waals surface area (Å²) in [5, 5.41) is -0.557. The zero-order chi connectivity index (χ0) is 15.1. The molecule has 2 aromatic rings. The van der Waals surface area contributed by atoms with Crippen LogP contribution in [-0.2, 0) is 16.1 Å². The fourth-order valence-electron chi connectivity index (χ4n) is 2.18. The number of aryl methyl sites for hydroxylation is 1. The molecule has 4 nitrogen and oxygen atoms in total. The summed E-state index contributed by atoms with van der Waals surface area (Å²) in [5.41, 5.74) is 1.84. The molecule has 2 rings (SSSR count). The lowest BCUT2D eigenvalue weighted by atomic mass is 9.95. The van der Waals surface area contributed by atoms with Gasteiger partial charge in [0.25, 0.3) is 0 Å². The third-order valence-electron chi connectivity index (χ3n) is 3.35. The highest BCUT2D eigenvalue weighted by molar-refractivity contribution is 8.17. The van der Waals surface area contributed by atoms with Gasteiger partial charge in [-0.05, 0) is 18.4 Å². The Morgan fingerprint density at radius 3 is 2.00 bits per heavy atom. The minimum absolute atomic E-state index is 0. The molecule has 23 heavy (non-hydrogen) atoms. The number of rotatable bonds is 7. The lowest BCUT2D eigenvalue weighted by Gasteiger charge is -2.13. The highest BCUT2D eigenvalue weighted by Gasteiger charge is 2.24. The molecule has 0 fully saturated rings. The van der Waals surface area contributed by atoms with Crippen molar-refractivity contribution in [2.24, 2.45) is 0 Å². The second-order valence-corrected chi connectivity index (χ2v) is 6.94. The molecule has 6 heteroatoms. The average molecular weight is 333 g/mol. The first-order valence-electron chi connectivity index (χ1n) is 6.92. The van der Waals surface area contributed by atoms with Gasteiger partial charge in [-0.2, -0.15) is 0 Å².